The van der Waals surface area contributed by atoms with Crippen molar-refractivity contribution in [3.63, 3.8) is 0 Å². The maximum Gasteiger partial charge on any atom is 0.246 e. The maximum absolute atomic E-state index is 13.6. The lowest BCUT2D eigenvalue weighted by Crippen LogP contribution is -2.55. The summed E-state index contributed by atoms with van der Waals surface area (Å²) in [7, 11) is 0. The van der Waals surface area contributed by atoms with E-state index in [4.69, 9.17) is 0 Å². The number of hydrogen-bond acceptors (Lipinski definition) is 5. The fraction of sp³-hybridized carbons (Fsp3) is 0.462. The molecular formula is C26H30N2O4S. The Kier molecular flexibility index (Phi) is 7.48. The van der Waals surface area contributed by atoms with Crippen LogP contribution in [0.3, 0.4) is 0 Å². The molecule has 1 aromatic carbocycles. The van der Waals surface area contributed by atoms with Crippen LogP contribution in [-0.4, -0.2) is 45.4 Å². The Morgan fingerprint density at radius 2 is 2.06 bits per heavy atom. The number of hydrogen-bond donors (Lipinski definition) is 1. The molecule has 0 bridgehead atoms. The highest BCUT2D eigenvalue weighted by atomic mass is 32.2. The van der Waals surface area contributed by atoms with Crippen molar-refractivity contribution in [3.8, 4) is 0 Å². The minimum atomic E-state index is -0.763. The lowest BCUT2D eigenvalue weighted by molar-refractivity contribution is -0.144. The predicted octanol–water partition coefficient (Wildman–Crippen LogP) is 3.52. The largest absolute Gasteiger partial charge is 0.343 e. The van der Waals surface area contributed by atoms with Gasteiger partial charge in [0.15, 0.2) is 5.12 Å². The van der Waals surface area contributed by atoms with Crippen molar-refractivity contribution >= 4 is 35.0 Å². The summed E-state index contributed by atoms with van der Waals surface area (Å²) in [6.07, 6.45) is 13.0. The van der Waals surface area contributed by atoms with Crippen LogP contribution in [0.5, 0.6) is 0 Å². The van der Waals surface area contributed by atoms with Gasteiger partial charge in [-0.2, -0.15) is 0 Å². The number of aldehydes is 1. The third-order valence-corrected chi connectivity index (χ3v) is 7.74. The molecule has 3 aliphatic rings. The number of allylic oxidation sites excluding steroid dienone is 4. The first-order chi connectivity index (χ1) is 16.0. The second-order valence-corrected chi connectivity index (χ2v) is 10.4. The van der Waals surface area contributed by atoms with E-state index in [1.165, 1.54) is 6.92 Å². The highest BCUT2D eigenvalue weighted by molar-refractivity contribution is 8.14. The molecule has 2 unspecified atom stereocenters. The zero-order valence-electron chi connectivity index (χ0n) is 18.8. The average molecular weight is 467 g/mol. The molecule has 1 saturated heterocycles. The van der Waals surface area contributed by atoms with Gasteiger partial charge in [0.2, 0.25) is 11.8 Å². The Balaban J connectivity index is 1.58. The van der Waals surface area contributed by atoms with Crippen molar-refractivity contribution in [1.29, 1.82) is 0 Å². The first kappa shape index (κ1) is 23.5. The van der Waals surface area contributed by atoms with Crippen LogP contribution in [0.25, 0.3) is 0 Å². The van der Waals surface area contributed by atoms with Gasteiger partial charge in [0, 0.05) is 13.3 Å². The molecule has 0 saturated carbocycles. The first-order valence-corrected chi connectivity index (χ1v) is 12.5. The zero-order chi connectivity index (χ0) is 23.4. The van der Waals surface area contributed by atoms with E-state index in [9.17, 15) is 19.2 Å². The van der Waals surface area contributed by atoms with Crippen molar-refractivity contribution < 1.29 is 19.2 Å². The van der Waals surface area contributed by atoms with Crippen molar-refractivity contribution in [2.45, 2.75) is 68.8 Å². The van der Waals surface area contributed by atoms with E-state index in [-0.39, 0.29) is 28.9 Å². The van der Waals surface area contributed by atoms with Crippen LogP contribution in [0.1, 0.15) is 56.2 Å². The minimum Gasteiger partial charge on any atom is -0.343 e. The van der Waals surface area contributed by atoms with Crippen LogP contribution >= 0.6 is 11.8 Å². The number of benzene rings is 1. The molecule has 1 fully saturated rings. The average Bonchev–Trinajstić information content (AvgIpc) is 2.94. The van der Waals surface area contributed by atoms with Gasteiger partial charge < -0.3 is 15.0 Å². The van der Waals surface area contributed by atoms with Gasteiger partial charge >= 0.3 is 0 Å². The third kappa shape index (κ3) is 5.29. The van der Waals surface area contributed by atoms with Gasteiger partial charge in [-0.1, -0.05) is 60.3 Å². The molecule has 4 rings (SSSR count). The summed E-state index contributed by atoms with van der Waals surface area (Å²) in [5, 5.41) is 2.26. The summed E-state index contributed by atoms with van der Waals surface area (Å²) in [5.41, 5.74) is 2.08. The number of carbonyl (C=O) groups is 4. The standard InChI is InChI=1S/C26H30N2O4S/c1-17(30)33-24(14-18-8-3-2-4-9-18)25(31)27-22-15-19-10-5-6-12-21(19)23-13-7-11-20(16-29)28(23)26(22)32/h2-6,8,10,12,16,18,20,22-24H,7,9,11,13-15H2,1H3,(H,27,31)/t18?,20-,22-,23?,24-/m0/s1. The van der Waals surface area contributed by atoms with Crippen LogP contribution < -0.4 is 5.32 Å². The number of carbonyl (C=O) groups excluding carboxylic acids is 4. The summed E-state index contributed by atoms with van der Waals surface area (Å²) in [6, 6.07) is 6.52. The number of amides is 2. The number of thioether (sulfide) groups is 1. The van der Waals surface area contributed by atoms with E-state index in [1.807, 2.05) is 36.4 Å². The molecule has 2 amide bonds. The number of fused-ring (bicyclic) bond motifs is 3. The maximum atomic E-state index is 13.6. The summed E-state index contributed by atoms with van der Waals surface area (Å²) >= 11 is 1.02. The van der Waals surface area contributed by atoms with Crippen LogP contribution in [0.2, 0.25) is 0 Å². The molecular weight excluding hydrogens is 436 g/mol. The highest BCUT2D eigenvalue weighted by Crippen LogP contribution is 2.38. The lowest BCUT2D eigenvalue weighted by atomic mass is 9.89. The second-order valence-electron chi connectivity index (χ2n) is 9.00. The van der Waals surface area contributed by atoms with Gasteiger partial charge in [0.1, 0.15) is 12.3 Å². The summed E-state index contributed by atoms with van der Waals surface area (Å²) in [5.74, 6) is -0.338. The Labute approximate surface area is 198 Å². The van der Waals surface area contributed by atoms with Gasteiger partial charge in [-0.25, -0.2) is 0 Å². The number of piperidine rings is 1. The van der Waals surface area contributed by atoms with Gasteiger partial charge in [-0.3, -0.25) is 14.4 Å². The Morgan fingerprint density at radius 1 is 1.24 bits per heavy atom. The minimum absolute atomic E-state index is 0.125. The topological polar surface area (TPSA) is 83.6 Å². The van der Waals surface area contributed by atoms with Gasteiger partial charge in [0.25, 0.3) is 0 Å². The van der Waals surface area contributed by atoms with E-state index >= 15 is 0 Å². The summed E-state index contributed by atoms with van der Waals surface area (Å²) in [6.45, 7) is 1.46. The Hall–Kier alpha value is -2.67. The molecule has 0 radical (unpaired) electrons. The van der Waals surface area contributed by atoms with Crippen molar-refractivity contribution in [1.82, 2.24) is 10.2 Å². The van der Waals surface area contributed by atoms with Crippen LogP contribution in [0.15, 0.2) is 48.6 Å². The van der Waals surface area contributed by atoms with Crippen LogP contribution in [0, 0.1) is 5.92 Å². The predicted molar refractivity (Wildman–Crippen MR) is 128 cm³/mol. The molecule has 0 aromatic heterocycles. The van der Waals surface area contributed by atoms with Crippen LogP contribution in [0.4, 0.5) is 0 Å². The van der Waals surface area contributed by atoms with Gasteiger partial charge in [-0.05, 0) is 49.1 Å². The quantitative estimate of drug-likeness (QED) is 0.649. The molecule has 6 nitrogen and oxygen atoms in total. The Bertz CT molecular complexity index is 988. The molecule has 1 N–H and O–H groups in total. The van der Waals surface area contributed by atoms with E-state index in [0.29, 0.717) is 19.3 Å². The number of nitrogens with zero attached hydrogens (tertiary/aromatic N) is 1. The summed E-state index contributed by atoms with van der Waals surface area (Å²) in [4.78, 5) is 52.4. The normalized spacial score (nSPS) is 27.2. The highest BCUT2D eigenvalue weighted by Gasteiger charge is 2.42. The number of nitrogens with one attached hydrogen (secondary N) is 1. The fourth-order valence-electron chi connectivity index (χ4n) is 5.19. The van der Waals surface area contributed by atoms with E-state index in [2.05, 4.69) is 17.5 Å². The van der Waals surface area contributed by atoms with Gasteiger partial charge in [-0.15, -0.1) is 0 Å². The zero-order valence-corrected chi connectivity index (χ0v) is 19.6. The molecule has 174 valence electrons. The lowest BCUT2D eigenvalue weighted by Gasteiger charge is -2.40. The molecule has 7 heteroatoms. The van der Waals surface area contributed by atoms with Crippen molar-refractivity contribution in [3.05, 3.63) is 59.7 Å². The molecule has 2 heterocycles. The van der Waals surface area contributed by atoms with Crippen LogP contribution in [-0.2, 0) is 25.6 Å². The van der Waals surface area contributed by atoms with E-state index in [0.717, 1.165) is 48.4 Å². The Morgan fingerprint density at radius 3 is 2.79 bits per heavy atom. The molecule has 2 aliphatic heterocycles. The molecule has 1 aliphatic carbocycles. The smallest absolute Gasteiger partial charge is 0.246 e. The first-order valence-electron chi connectivity index (χ1n) is 11.6. The van der Waals surface area contributed by atoms with Gasteiger partial charge in [0.05, 0.1) is 17.3 Å². The van der Waals surface area contributed by atoms with Crippen molar-refractivity contribution in [2.24, 2.45) is 5.92 Å². The third-order valence-electron chi connectivity index (χ3n) is 6.72. The molecule has 0 spiro atoms. The molecule has 33 heavy (non-hydrogen) atoms. The van der Waals surface area contributed by atoms with E-state index < -0.39 is 17.3 Å². The summed E-state index contributed by atoms with van der Waals surface area (Å²) < 4.78 is 0. The monoisotopic (exact) mass is 466 g/mol. The van der Waals surface area contributed by atoms with E-state index in [1.54, 1.807) is 4.90 Å². The fourth-order valence-corrected chi connectivity index (χ4v) is 6.11. The molecule has 1 aromatic rings. The number of rotatable bonds is 6. The SMILES string of the molecule is CC(=O)S[C@@H](CC1C=CC=CC1)C(=O)N[C@H]1Cc2ccccc2C2CCC[C@@H](C=O)N2C1=O. The second kappa shape index (κ2) is 10.5. The van der Waals surface area contributed by atoms with Crippen molar-refractivity contribution in [2.75, 3.05) is 0 Å². The molecule has 5 atom stereocenters.